The fraction of sp³-hybridized carbons (Fsp3) is 0. The highest BCUT2D eigenvalue weighted by Gasteiger charge is 2.18. The van der Waals surface area contributed by atoms with Gasteiger partial charge in [0.25, 0.3) is 0 Å². The molecule has 11 aromatic rings. The molecule has 0 bridgehead atoms. The van der Waals surface area contributed by atoms with E-state index in [1.54, 1.807) is 0 Å². The number of pyridine rings is 1. The van der Waals surface area contributed by atoms with E-state index in [9.17, 15) is 0 Å². The van der Waals surface area contributed by atoms with E-state index in [1.165, 1.54) is 0 Å². The Morgan fingerprint density at radius 3 is 1.46 bits per heavy atom. The maximum absolute atomic E-state index is 6.22. The summed E-state index contributed by atoms with van der Waals surface area (Å²) in [6, 6.07) is 60.8. The van der Waals surface area contributed by atoms with Gasteiger partial charge in [-0.25, -0.2) is 9.97 Å². The van der Waals surface area contributed by atoms with E-state index in [2.05, 4.69) is 126 Å². The van der Waals surface area contributed by atoms with Crippen LogP contribution in [0.3, 0.4) is 0 Å². The first kappa shape index (κ1) is 31.9. The predicted octanol–water partition coefficient (Wildman–Crippen LogP) is 13.7. The number of para-hydroxylation sites is 2. The Hall–Kier alpha value is -7.63. The molecule has 0 saturated carbocycles. The Morgan fingerprint density at radius 1 is 0.304 bits per heavy atom. The van der Waals surface area contributed by atoms with Crippen molar-refractivity contribution in [3.8, 4) is 67.3 Å². The molecule has 0 aliphatic carbocycles. The second-order valence-electron chi connectivity index (χ2n) is 14.0. The molecule has 4 heterocycles. The number of hydrogen-bond acceptors (Lipinski definition) is 5. The van der Waals surface area contributed by atoms with Crippen molar-refractivity contribution >= 4 is 43.9 Å². The molecule has 262 valence electrons. The monoisotopic (exact) mass is 717 g/mol. The van der Waals surface area contributed by atoms with Gasteiger partial charge < -0.3 is 8.83 Å². The Morgan fingerprint density at radius 2 is 0.821 bits per heavy atom. The Labute approximate surface area is 322 Å². The number of aromatic nitrogens is 3. The van der Waals surface area contributed by atoms with Gasteiger partial charge in [-0.15, -0.1) is 0 Å². The first-order valence-corrected chi connectivity index (χ1v) is 18.6. The average molecular weight is 718 g/mol. The average Bonchev–Trinajstić information content (AvgIpc) is 3.84. The van der Waals surface area contributed by atoms with Gasteiger partial charge in [0.2, 0.25) is 0 Å². The summed E-state index contributed by atoms with van der Waals surface area (Å²) in [4.78, 5) is 14.9. The van der Waals surface area contributed by atoms with Crippen molar-refractivity contribution in [3.63, 3.8) is 0 Å². The van der Waals surface area contributed by atoms with Crippen LogP contribution >= 0.6 is 0 Å². The molecule has 5 heteroatoms. The number of nitrogens with zero attached hydrogens (tertiary/aromatic N) is 3. The van der Waals surface area contributed by atoms with Crippen LogP contribution in [0.4, 0.5) is 0 Å². The van der Waals surface area contributed by atoms with Crippen LogP contribution in [-0.4, -0.2) is 15.0 Å². The molecule has 0 saturated heterocycles. The van der Waals surface area contributed by atoms with Gasteiger partial charge >= 0.3 is 0 Å². The normalized spacial score (nSPS) is 11.6. The van der Waals surface area contributed by atoms with Gasteiger partial charge in [0.15, 0.2) is 5.82 Å². The molecular weight excluding hydrogens is 687 g/mol. The van der Waals surface area contributed by atoms with Crippen LogP contribution in [0.15, 0.2) is 197 Å². The van der Waals surface area contributed by atoms with Crippen LogP contribution < -0.4 is 0 Å². The third kappa shape index (κ3) is 5.53. The topological polar surface area (TPSA) is 65.0 Å². The SMILES string of the molecule is c1ccc(-c2cc(-c3ccccc3-c3ccncc3)nc(-c3cc(-c4ccc5oc6ccccc6c5c4)cc(-c4ccc5oc6ccccc6c5c4)c3)n2)cc1. The van der Waals surface area contributed by atoms with Gasteiger partial charge in [-0.05, 0) is 106 Å². The van der Waals surface area contributed by atoms with E-state index in [-0.39, 0.29) is 0 Å². The third-order valence-corrected chi connectivity index (χ3v) is 10.6. The second kappa shape index (κ2) is 13.0. The Kier molecular flexibility index (Phi) is 7.42. The van der Waals surface area contributed by atoms with Crippen LogP contribution in [0.2, 0.25) is 0 Å². The molecule has 0 amide bonds. The summed E-state index contributed by atoms with van der Waals surface area (Å²) < 4.78 is 12.4. The zero-order chi connectivity index (χ0) is 37.0. The van der Waals surface area contributed by atoms with E-state index in [0.29, 0.717) is 5.82 Å². The van der Waals surface area contributed by atoms with Gasteiger partial charge in [0, 0.05) is 50.6 Å². The molecule has 0 spiro atoms. The molecule has 0 unspecified atom stereocenters. The maximum Gasteiger partial charge on any atom is 0.160 e. The minimum atomic E-state index is 0.638. The second-order valence-corrected chi connectivity index (χ2v) is 14.0. The Bertz CT molecular complexity index is 3120. The molecule has 4 aromatic heterocycles. The van der Waals surface area contributed by atoms with Crippen molar-refractivity contribution < 1.29 is 8.83 Å². The van der Waals surface area contributed by atoms with E-state index >= 15 is 0 Å². The van der Waals surface area contributed by atoms with Crippen molar-refractivity contribution in [1.82, 2.24) is 15.0 Å². The van der Waals surface area contributed by atoms with Crippen molar-refractivity contribution in [2.24, 2.45) is 0 Å². The lowest BCUT2D eigenvalue weighted by atomic mass is 9.94. The molecule has 0 aliphatic heterocycles. The molecule has 0 aliphatic rings. The van der Waals surface area contributed by atoms with Crippen molar-refractivity contribution in [2.45, 2.75) is 0 Å². The largest absolute Gasteiger partial charge is 0.456 e. The van der Waals surface area contributed by atoms with E-state index < -0.39 is 0 Å². The number of fused-ring (bicyclic) bond motifs is 6. The van der Waals surface area contributed by atoms with E-state index in [1.807, 2.05) is 67.0 Å². The summed E-state index contributed by atoms with van der Waals surface area (Å²) in [6.45, 7) is 0. The molecule has 0 radical (unpaired) electrons. The lowest BCUT2D eigenvalue weighted by molar-refractivity contribution is 0.668. The molecule has 5 nitrogen and oxygen atoms in total. The standard InChI is InChI=1S/C51H31N3O2/c1-2-10-33(11-3-1)45-31-46(40-13-5-4-12-39(40)32-22-24-52-25-23-32)54-51(53-45)38-27-36(34-18-20-49-43(29-34)41-14-6-8-16-47(41)55-49)26-37(28-38)35-19-21-50-44(30-35)42-15-7-9-17-48(42)56-50/h1-31H. The summed E-state index contributed by atoms with van der Waals surface area (Å²) in [5.41, 5.74) is 14.5. The lowest BCUT2D eigenvalue weighted by Gasteiger charge is -2.15. The first-order valence-electron chi connectivity index (χ1n) is 18.6. The lowest BCUT2D eigenvalue weighted by Crippen LogP contribution is -1.98. The van der Waals surface area contributed by atoms with Gasteiger partial charge in [-0.2, -0.15) is 0 Å². The molecule has 7 aromatic carbocycles. The summed E-state index contributed by atoms with van der Waals surface area (Å²) in [5.74, 6) is 0.638. The highest BCUT2D eigenvalue weighted by molar-refractivity contribution is 6.07. The zero-order valence-corrected chi connectivity index (χ0v) is 30.1. The van der Waals surface area contributed by atoms with Gasteiger partial charge in [0.05, 0.1) is 11.4 Å². The third-order valence-electron chi connectivity index (χ3n) is 10.6. The molecule has 56 heavy (non-hydrogen) atoms. The van der Waals surface area contributed by atoms with Crippen molar-refractivity contribution in [2.75, 3.05) is 0 Å². The fourth-order valence-electron chi connectivity index (χ4n) is 7.86. The van der Waals surface area contributed by atoms with E-state index in [0.717, 1.165) is 105 Å². The first-order chi connectivity index (χ1) is 27.7. The van der Waals surface area contributed by atoms with Crippen LogP contribution in [0.1, 0.15) is 0 Å². The zero-order valence-electron chi connectivity index (χ0n) is 30.1. The van der Waals surface area contributed by atoms with Gasteiger partial charge in [-0.3, -0.25) is 4.98 Å². The number of furan rings is 2. The number of hydrogen-bond donors (Lipinski definition) is 0. The van der Waals surface area contributed by atoms with Crippen molar-refractivity contribution in [1.29, 1.82) is 0 Å². The molecule has 0 atom stereocenters. The summed E-state index contributed by atoms with van der Waals surface area (Å²) >= 11 is 0. The van der Waals surface area contributed by atoms with Crippen LogP contribution in [-0.2, 0) is 0 Å². The van der Waals surface area contributed by atoms with Gasteiger partial charge in [0.1, 0.15) is 22.3 Å². The van der Waals surface area contributed by atoms with E-state index in [4.69, 9.17) is 18.8 Å². The molecule has 11 rings (SSSR count). The summed E-state index contributed by atoms with van der Waals surface area (Å²) in [6.07, 6.45) is 3.65. The fourth-order valence-corrected chi connectivity index (χ4v) is 7.86. The van der Waals surface area contributed by atoms with Crippen LogP contribution in [0.5, 0.6) is 0 Å². The molecular formula is C51H31N3O2. The molecule has 0 N–H and O–H groups in total. The highest BCUT2D eigenvalue weighted by atomic mass is 16.3. The summed E-state index contributed by atoms with van der Waals surface area (Å²) in [5, 5.41) is 4.34. The summed E-state index contributed by atoms with van der Waals surface area (Å²) in [7, 11) is 0. The minimum absolute atomic E-state index is 0.638. The minimum Gasteiger partial charge on any atom is -0.456 e. The molecule has 0 fully saturated rings. The highest BCUT2D eigenvalue weighted by Crippen LogP contribution is 2.40. The Balaban J connectivity index is 1.15. The van der Waals surface area contributed by atoms with Crippen LogP contribution in [0, 0.1) is 0 Å². The number of benzene rings is 7. The quantitative estimate of drug-likeness (QED) is 0.171. The van der Waals surface area contributed by atoms with Gasteiger partial charge in [-0.1, -0.05) is 103 Å². The predicted molar refractivity (Wildman–Crippen MR) is 227 cm³/mol. The number of rotatable bonds is 6. The van der Waals surface area contributed by atoms with Crippen molar-refractivity contribution in [3.05, 3.63) is 188 Å². The van der Waals surface area contributed by atoms with Crippen LogP contribution in [0.25, 0.3) is 111 Å². The smallest absolute Gasteiger partial charge is 0.160 e. The maximum atomic E-state index is 6.22.